The first kappa shape index (κ1) is 10.6. The Hall–Kier alpha value is -1.49. The molecule has 0 radical (unpaired) electrons. The van der Waals surface area contributed by atoms with Gasteiger partial charge in [0, 0.05) is 20.2 Å². The molecule has 0 fully saturated rings. The summed E-state index contributed by atoms with van der Waals surface area (Å²) in [5, 5.41) is 12.3. The van der Waals surface area contributed by atoms with Crippen molar-refractivity contribution < 1.29 is 5.11 Å². The van der Waals surface area contributed by atoms with Crippen molar-refractivity contribution in [3.63, 3.8) is 0 Å². The molecule has 1 rings (SSSR count). The number of hydrogen-bond donors (Lipinski definition) is 3. The van der Waals surface area contributed by atoms with E-state index >= 15 is 0 Å². The summed E-state index contributed by atoms with van der Waals surface area (Å²) in [5.41, 5.74) is 6.98. The normalized spacial score (nSPS) is 9.57. The van der Waals surface area contributed by atoms with Gasteiger partial charge in [0.1, 0.15) is 5.75 Å². The standard InChI is InChI=1S/C9H13N3OS/c1-12(2)8-5-6(13)3-4-7(8)11-9(10)14/h3-5,13H,1-2H3,(H3,10,11,14). The molecular weight excluding hydrogens is 198 g/mol. The van der Waals surface area contributed by atoms with Crippen LogP contribution in [0.5, 0.6) is 5.75 Å². The quantitative estimate of drug-likeness (QED) is 0.505. The van der Waals surface area contributed by atoms with Gasteiger partial charge in [0.15, 0.2) is 5.11 Å². The minimum absolute atomic E-state index is 0.207. The predicted octanol–water partition coefficient (Wildman–Crippen LogP) is 1.11. The summed E-state index contributed by atoms with van der Waals surface area (Å²) in [4.78, 5) is 1.86. The molecule has 14 heavy (non-hydrogen) atoms. The summed E-state index contributed by atoms with van der Waals surface area (Å²) < 4.78 is 0. The first-order valence-corrected chi connectivity index (χ1v) is 4.48. The molecule has 0 atom stereocenters. The van der Waals surface area contributed by atoms with Gasteiger partial charge >= 0.3 is 0 Å². The first-order valence-electron chi connectivity index (χ1n) is 4.07. The van der Waals surface area contributed by atoms with Gasteiger partial charge in [0.05, 0.1) is 11.4 Å². The van der Waals surface area contributed by atoms with E-state index in [4.69, 9.17) is 18.0 Å². The van der Waals surface area contributed by atoms with Crippen molar-refractivity contribution in [3.05, 3.63) is 18.2 Å². The number of rotatable bonds is 2. The highest BCUT2D eigenvalue weighted by molar-refractivity contribution is 7.80. The molecule has 1 aromatic rings. The van der Waals surface area contributed by atoms with Gasteiger partial charge in [-0.2, -0.15) is 0 Å². The second-order valence-corrected chi connectivity index (χ2v) is 3.52. The molecule has 76 valence electrons. The number of nitrogens with one attached hydrogen (secondary N) is 1. The molecule has 0 aromatic heterocycles. The van der Waals surface area contributed by atoms with E-state index in [9.17, 15) is 5.11 Å². The lowest BCUT2D eigenvalue weighted by atomic mass is 10.2. The monoisotopic (exact) mass is 211 g/mol. The summed E-state index contributed by atoms with van der Waals surface area (Å²) in [7, 11) is 3.75. The minimum Gasteiger partial charge on any atom is -0.508 e. The fraction of sp³-hybridized carbons (Fsp3) is 0.222. The first-order chi connectivity index (χ1) is 6.50. The molecule has 0 spiro atoms. The molecule has 0 unspecified atom stereocenters. The van der Waals surface area contributed by atoms with Gasteiger partial charge in [-0.25, -0.2) is 0 Å². The number of phenolic OH excluding ortho intramolecular Hbond substituents is 1. The number of thiocarbonyl (C=S) groups is 1. The Morgan fingerprint density at radius 3 is 2.64 bits per heavy atom. The summed E-state index contributed by atoms with van der Waals surface area (Å²) in [6, 6.07) is 4.94. The van der Waals surface area contributed by atoms with Gasteiger partial charge in [-0.3, -0.25) is 0 Å². The molecule has 1 aromatic carbocycles. The van der Waals surface area contributed by atoms with Crippen LogP contribution in [0.15, 0.2) is 18.2 Å². The van der Waals surface area contributed by atoms with Gasteiger partial charge in [-0.15, -0.1) is 0 Å². The van der Waals surface area contributed by atoms with E-state index in [0.29, 0.717) is 0 Å². The van der Waals surface area contributed by atoms with E-state index in [1.807, 2.05) is 19.0 Å². The molecule has 0 aliphatic carbocycles. The lowest BCUT2D eigenvalue weighted by molar-refractivity contribution is 0.475. The fourth-order valence-corrected chi connectivity index (χ4v) is 1.24. The third-order valence-corrected chi connectivity index (χ3v) is 1.82. The highest BCUT2D eigenvalue weighted by Gasteiger charge is 2.05. The van der Waals surface area contributed by atoms with Crippen LogP contribution in [0.4, 0.5) is 11.4 Å². The van der Waals surface area contributed by atoms with Crippen LogP contribution in [0.25, 0.3) is 0 Å². The van der Waals surface area contributed by atoms with Crippen molar-refractivity contribution in [2.45, 2.75) is 0 Å². The Labute approximate surface area is 88.3 Å². The lowest BCUT2D eigenvalue weighted by Gasteiger charge is -2.18. The molecule has 0 bridgehead atoms. The van der Waals surface area contributed by atoms with Crippen LogP contribution in [0.3, 0.4) is 0 Å². The van der Waals surface area contributed by atoms with Gasteiger partial charge in [-0.1, -0.05) is 0 Å². The summed E-state index contributed by atoms with van der Waals surface area (Å²) in [6.45, 7) is 0. The molecule has 4 nitrogen and oxygen atoms in total. The number of benzene rings is 1. The van der Waals surface area contributed by atoms with Crippen LogP contribution in [0.2, 0.25) is 0 Å². The SMILES string of the molecule is CN(C)c1cc(O)ccc1NC(N)=S. The highest BCUT2D eigenvalue weighted by Crippen LogP contribution is 2.28. The molecule has 0 aliphatic heterocycles. The zero-order valence-corrected chi connectivity index (χ0v) is 8.93. The van der Waals surface area contributed by atoms with Crippen LogP contribution < -0.4 is 16.0 Å². The minimum atomic E-state index is 0.207. The average molecular weight is 211 g/mol. The molecule has 0 aliphatic rings. The zero-order valence-electron chi connectivity index (χ0n) is 8.11. The van der Waals surface area contributed by atoms with E-state index in [0.717, 1.165) is 11.4 Å². The maximum absolute atomic E-state index is 9.30. The number of aromatic hydroxyl groups is 1. The van der Waals surface area contributed by atoms with Crippen molar-refractivity contribution in [1.82, 2.24) is 0 Å². The topological polar surface area (TPSA) is 61.5 Å². The number of anilines is 2. The Morgan fingerprint density at radius 1 is 1.50 bits per heavy atom. The highest BCUT2D eigenvalue weighted by atomic mass is 32.1. The zero-order chi connectivity index (χ0) is 10.7. The second-order valence-electron chi connectivity index (χ2n) is 3.09. The molecule has 0 heterocycles. The van der Waals surface area contributed by atoms with E-state index in [2.05, 4.69) is 5.32 Å². The Balaban J connectivity index is 3.08. The number of nitrogens with zero attached hydrogens (tertiary/aromatic N) is 1. The van der Waals surface area contributed by atoms with Crippen molar-refractivity contribution in [2.24, 2.45) is 5.73 Å². The molecule has 5 heteroatoms. The summed E-state index contributed by atoms with van der Waals surface area (Å²) >= 11 is 4.74. The van der Waals surface area contributed by atoms with E-state index in [1.165, 1.54) is 0 Å². The molecular formula is C9H13N3OS. The Morgan fingerprint density at radius 2 is 2.14 bits per heavy atom. The maximum Gasteiger partial charge on any atom is 0.168 e. The number of hydrogen-bond acceptors (Lipinski definition) is 3. The number of phenols is 1. The van der Waals surface area contributed by atoms with Crippen molar-refractivity contribution in [3.8, 4) is 5.75 Å². The maximum atomic E-state index is 9.30. The van der Waals surface area contributed by atoms with Crippen LogP contribution in [0, 0.1) is 0 Å². The third kappa shape index (κ3) is 2.50. The lowest BCUT2D eigenvalue weighted by Crippen LogP contribution is -2.21. The van der Waals surface area contributed by atoms with Gasteiger partial charge < -0.3 is 21.1 Å². The smallest absolute Gasteiger partial charge is 0.168 e. The second kappa shape index (κ2) is 4.15. The van der Waals surface area contributed by atoms with Gasteiger partial charge in [-0.05, 0) is 24.4 Å². The van der Waals surface area contributed by atoms with Crippen molar-refractivity contribution >= 4 is 28.7 Å². The molecule has 4 N–H and O–H groups in total. The van der Waals surface area contributed by atoms with Crippen LogP contribution >= 0.6 is 12.2 Å². The van der Waals surface area contributed by atoms with Crippen molar-refractivity contribution in [1.29, 1.82) is 0 Å². The molecule has 0 saturated carbocycles. The summed E-state index contributed by atoms with van der Waals surface area (Å²) in [6.07, 6.45) is 0. The predicted molar refractivity (Wildman–Crippen MR) is 62.8 cm³/mol. The van der Waals surface area contributed by atoms with Crippen LogP contribution in [-0.2, 0) is 0 Å². The van der Waals surface area contributed by atoms with Crippen molar-refractivity contribution in [2.75, 3.05) is 24.3 Å². The Bertz CT molecular complexity index is 352. The van der Waals surface area contributed by atoms with Crippen LogP contribution in [-0.4, -0.2) is 24.3 Å². The number of nitrogens with two attached hydrogens (primary N) is 1. The molecule has 0 saturated heterocycles. The van der Waals surface area contributed by atoms with E-state index in [-0.39, 0.29) is 10.9 Å². The van der Waals surface area contributed by atoms with Gasteiger partial charge in [0.2, 0.25) is 0 Å². The van der Waals surface area contributed by atoms with E-state index in [1.54, 1.807) is 18.2 Å². The Kier molecular flexibility index (Phi) is 3.14. The van der Waals surface area contributed by atoms with Crippen LogP contribution in [0.1, 0.15) is 0 Å². The largest absolute Gasteiger partial charge is 0.508 e. The molecule has 0 amide bonds. The van der Waals surface area contributed by atoms with E-state index < -0.39 is 0 Å². The van der Waals surface area contributed by atoms with Gasteiger partial charge in [0.25, 0.3) is 0 Å². The fourth-order valence-electron chi connectivity index (χ4n) is 1.13. The summed E-state index contributed by atoms with van der Waals surface area (Å²) in [5.74, 6) is 0.210. The third-order valence-electron chi connectivity index (χ3n) is 1.72. The average Bonchev–Trinajstić information content (AvgIpc) is 2.07.